The summed E-state index contributed by atoms with van der Waals surface area (Å²) in [6.07, 6.45) is 1.70. The fourth-order valence-electron chi connectivity index (χ4n) is 1.10. The van der Waals surface area contributed by atoms with Crippen LogP contribution in [0.4, 0.5) is 0 Å². The molecule has 0 bridgehead atoms. The molecule has 1 aromatic heterocycles. The third-order valence-corrected chi connectivity index (χ3v) is 2.84. The van der Waals surface area contributed by atoms with E-state index >= 15 is 0 Å². The van der Waals surface area contributed by atoms with Crippen LogP contribution in [0.5, 0.6) is 0 Å². The van der Waals surface area contributed by atoms with E-state index in [1.165, 1.54) is 0 Å². The summed E-state index contributed by atoms with van der Waals surface area (Å²) in [5.41, 5.74) is 6.14. The largest absolute Gasteiger partial charge is 0.395 e. The fraction of sp³-hybridized carbons (Fsp3) is 0.444. The third-order valence-electron chi connectivity index (χ3n) is 2.21. The first-order valence-corrected chi connectivity index (χ1v) is 4.85. The van der Waals surface area contributed by atoms with Crippen molar-refractivity contribution < 1.29 is 5.11 Å². The van der Waals surface area contributed by atoms with E-state index < -0.39 is 5.41 Å². The molecule has 0 saturated heterocycles. The zero-order valence-corrected chi connectivity index (χ0v) is 9.08. The van der Waals surface area contributed by atoms with Gasteiger partial charge >= 0.3 is 0 Å². The average Bonchev–Trinajstić information content (AvgIpc) is 2.17. The summed E-state index contributed by atoms with van der Waals surface area (Å²) >= 11 is 3.34. The summed E-state index contributed by atoms with van der Waals surface area (Å²) in [6.45, 7) is 2.33. The van der Waals surface area contributed by atoms with E-state index in [-0.39, 0.29) is 6.61 Å². The Bertz CT molecular complexity index is 287. The number of halogens is 1. The van der Waals surface area contributed by atoms with Gasteiger partial charge in [-0.1, -0.05) is 13.0 Å². The van der Waals surface area contributed by atoms with Gasteiger partial charge in [0.25, 0.3) is 0 Å². The Morgan fingerprint density at radius 1 is 1.69 bits per heavy atom. The van der Waals surface area contributed by atoms with Gasteiger partial charge in [-0.15, -0.1) is 0 Å². The minimum atomic E-state index is -0.410. The highest BCUT2D eigenvalue weighted by Gasteiger charge is 2.26. The third kappa shape index (κ3) is 2.07. The van der Waals surface area contributed by atoms with E-state index in [4.69, 9.17) is 5.73 Å². The maximum atomic E-state index is 9.23. The Morgan fingerprint density at radius 3 is 2.85 bits per heavy atom. The summed E-state index contributed by atoms with van der Waals surface area (Å²) in [5, 5.41) is 9.23. The summed E-state index contributed by atoms with van der Waals surface area (Å²) in [7, 11) is 0. The molecule has 0 aliphatic carbocycles. The molecule has 1 unspecified atom stereocenters. The van der Waals surface area contributed by atoms with E-state index in [1.807, 2.05) is 19.1 Å². The van der Waals surface area contributed by atoms with Crippen LogP contribution in [0.2, 0.25) is 0 Å². The minimum Gasteiger partial charge on any atom is -0.395 e. The summed E-state index contributed by atoms with van der Waals surface area (Å²) < 4.78 is 0.747. The molecule has 0 aromatic carbocycles. The molecule has 13 heavy (non-hydrogen) atoms. The van der Waals surface area contributed by atoms with Gasteiger partial charge in [-0.25, -0.2) is 4.98 Å². The van der Waals surface area contributed by atoms with Gasteiger partial charge < -0.3 is 10.8 Å². The Hall–Kier alpha value is -0.450. The Balaban J connectivity index is 3.12. The molecule has 72 valence electrons. The second-order valence-corrected chi connectivity index (χ2v) is 4.02. The molecule has 0 fully saturated rings. The molecule has 1 rings (SSSR count). The number of nitrogens with zero attached hydrogens (tertiary/aromatic N) is 1. The number of pyridine rings is 1. The first-order valence-electron chi connectivity index (χ1n) is 4.06. The lowest BCUT2D eigenvalue weighted by atomic mass is 9.84. The summed E-state index contributed by atoms with van der Waals surface area (Å²) in [4.78, 5) is 4.09. The monoisotopic (exact) mass is 244 g/mol. The molecule has 0 radical (unpaired) electrons. The highest BCUT2D eigenvalue weighted by atomic mass is 79.9. The van der Waals surface area contributed by atoms with Crippen LogP contribution < -0.4 is 5.73 Å². The van der Waals surface area contributed by atoms with Gasteiger partial charge in [0.05, 0.1) is 6.61 Å². The number of hydrogen-bond acceptors (Lipinski definition) is 3. The normalized spacial score (nSPS) is 15.4. The van der Waals surface area contributed by atoms with Crippen molar-refractivity contribution in [3.63, 3.8) is 0 Å². The lowest BCUT2D eigenvalue weighted by Gasteiger charge is -2.26. The molecule has 1 atom stereocenters. The molecule has 0 aliphatic rings. The van der Waals surface area contributed by atoms with Crippen molar-refractivity contribution in [2.24, 2.45) is 5.73 Å². The van der Waals surface area contributed by atoms with Gasteiger partial charge in [-0.05, 0) is 27.6 Å². The first-order chi connectivity index (χ1) is 6.14. The molecule has 4 heteroatoms. The predicted molar refractivity (Wildman–Crippen MR) is 55.4 cm³/mol. The van der Waals surface area contributed by atoms with Crippen LogP contribution in [0.15, 0.2) is 22.9 Å². The van der Waals surface area contributed by atoms with Crippen LogP contribution in [-0.4, -0.2) is 23.2 Å². The highest BCUT2D eigenvalue weighted by molar-refractivity contribution is 9.10. The molecule has 0 amide bonds. The van der Waals surface area contributed by atoms with Crippen molar-refractivity contribution in [1.82, 2.24) is 4.98 Å². The van der Waals surface area contributed by atoms with E-state index in [0.717, 1.165) is 10.2 Å². The summed E-state index contributed by atoms with van der Waals surface area (Å²) in [5.74, 6) is 0. The Morgan fingerprint density at radius 2 is 2.38 bits per heavy atom. The highest BCUT2D eigenvalue weighted by Crippen LogP contribution is 2.27. The van der Waals surface area contributed by atoms with Crippen molar-refractivity contribution in [3.05, 3.63) is 28.5 Å². The van der Waals surface area contributed by atoms with E-state index in [9.17, 15) is 5.11 Å². The summed E-state index contributed by atoms with van der Waals surface area (Å²) in [6, 6.07) is 3.75. The smallest absolute Gasteiger partial charge is 0.109 e. The molecule has 1 aromatic rings. The van der Waals surface area contributed by atoms with Crippen molar-refractivity contribution in [1.29, 1.82) is 0 Å². The van der Waals surface area contributed by atoms with Crippen LogP contribution in [0.3, 0.4) is 0 Å². The van der Waals surface area contributed by atoms with Gasteiger partial charge in [0.15, 0.2) is 0 Å². The molecular weight excluding hydrogens is 232 g/mol. The van der Waals surface area contributed by atoms with Gasteiger partial charge in [0.1, 0.15) is 4.60 Å². The molecule has 0 aliphatic heterocycles. The quantitative estimate of drug-likeness (QED) is 0.782. The lowest BCUT2D eigenvalue weighted by Crippen LogP contribution is -2.36. The number of aliphatic hydroxyl groups is 1. The zero-order chi connectivity index (χ0) is 9.90. The number of nitrogens with two attached hydrogens (primary N) is 1. The topological polar surface area (TPSA) is 59.1 Å². The lowest BCUT2D eigenvalue weighted by molar-refractivity contribution is 0.209. The number of hydrogen-bond donors (Lipinski definition) is 2. The molecular formula is C9H13BrN2O. The van der Waals surface area contributed by atoms with Gasteiger partial charge in [0.2, 0.25) is 0 Å². The molecule has 0 spiro atoms. The van der Waals surface area contributed by atoms with Gasteiger partial charge in [-0.2, -0.15) is 0 Å². The van der Waals surface area contributed by atoms with Crippen molar-refractivity contribution >= 4 is 15.9 Å². The van der Waals surface area contributed by atoms with Crippen LogP contribution in [0.1, 0.15) is 12.5 Å². The van der Waals surface area contributed by atoms with E-state index in [2.05, 4.69) is 20.9 Å². The van der Waals surface area contributed by atoms with Crippen molar-refractivity contribution in [2.45, 2.75) is 12.3 Å². The maximum absolute atomic E-state index is 9.23. The van der Waals surface area contributed by atoms with E-state index in [1.54, 1.807) is 6.20 Å². The van der Waals surface area contributed by atoms with Crippen molar-refractivity contribution in [2.75, 3.05) is 13.2 Å². The van der Waals surface area contributed by atoms with Crippen LogP contribution in [0, 0.1) is 0 Å². The van der Waals surface area contributed by atoms with Crippen LogP contribution in [-0.2, 0) is 5.41 Å². The van der Waals surface area contributed by atoms with Gasteiger partial charge in [-0.3, -0.25) is 0 Å². The number of aromatic nitrogens is 1. The van der Waals surface area contributed by atoms with Crippen molar-refractivity contribution in [3.8, 4) is 0 Å². The number of rotatable bonds is 3. The second-order valence-electron chi connectivity index (χ2n) is 3.26. The molecule has 3 N–H and O–H groups in total. The minimum absolute atomic E-state index is 0.0216. The number of aliphatic hydroxyl groups excluding tert-OH is 1. The van der Waals surface area contributed by atoms with Crippen LogP contribution in [0.25, 0.3) is 0 Å². The fourth-order valence-corrected chi connectivity index (χ4v) is 1.82. The Labute approximate surface area is 86.1 Å². The Kier molecular flexibility index (Phi) is 3.41. The van der Waals surface area contributed by atoms with Crippen LogP contribution >= 0.6 is 15.9 Å². The SMILES string of the molecule is CC(CN)(CO)c1cccnc1Br. The second kappa shape index (κ2) is 4.17. The molecule has 3 nitrogen and oxygen atoms in total. The maximum Gasteiger partial charge on any atom is 0.109 e. The molecule has 1 heterocycles. The first kappa shape index (κ1) is 10.6. The van der Waals surface area contributed by atoms with E-state index in [0.29, 0.717) is 6.54 Å². The average molecular weight is 245 g/mol. The standard InChI is InChI=1S/C9H13BrN2O/c1-9(5-11,6-13)7-3-2-4-12-8(7)10/h2-4,13H,5-6,11H2,1H3. The van der Waals surface area contributed by atoms with Gasteiger partial charge in [0, 0.05) is 18.2 Å². The molecule has 0 saturated carbocycles. The predicted octanol–water partition coefficient (Wildman–Crippen LogP) is 1.05. The zero-order valence-electron chi connectivity index (χ0n) is 7.50.